The molecule has 0 bridgehead atoms. The second kappa shape index (κ2) is 5.03. The number of aromatic nitrogens is 5. The lowest BCUT2D eigenvalue weighted by atomic mass is 9.85. The lowest BCUT2D eigenvalue weighted by Gasteiger charge is -2.25. The van der Waals surface area contributed by atoms with Crippen LogP contribution in [0.15, 0.2) is 18.5 Å². The number of aromatic amines is 1. The van der Waals surface area contributed by atoms with E-state index in [0.29, 0.717) is 5.92 Å². The van der Waals surface area contributed by atoms with Crippen LogP contribution in [0.1, 0.15) is 37.4 Å². The van der Waals surface area contributed by atoms with E-state index in [1.165, 1.54) is 6.42 Å². The Morgan fingerprint density at radius 2 is 2.20 bits per heavy atom. The highest BCUT2D eigenvalue weighted by molar-refractivity contribution is 5.85. The minimum Gasteiger partial charge on any atom is -0.345 e. The Labute approximate surface area is 122 Å². The van der Waals surface area contributed by atoms with Gasteiger partial charge >= 0.3 is 0 Å². The lowest BCUT2D eigenvalue weighted by molar-refractivity contribution is 0.381. The smallest absolute Gasteiger partial charge is 0.179 e. The summed E-state index contributed by atoms with van der Waals surface area (Å²) in [5.41, 5.74) is 8.81. The fraction of sp³-hybridized carbons (Fsp3) is 0.462. The van der Waals surface area contributed by atoms with E-state index >= 15 is 0 Å². The van der Waals surface area contributed by atoms with Crippen LogP contribution in [0.4, 0.5) is 0 Å². The van der Waals surface area contributed by atoms with E-state index in [2.05, 4.69) is 24.6 Å². The first-order valence-corrected chi connectivity index (χ1v) is 6.75. The van der Waals surface area contributed by atoms with E-state index in [1.807, 2.05) is 12.3 Å². The van der Waals surface area contributed by atoms with Gasteiger partial charge in [-0.2, -0.15) is 0 Å². The van der Waals surface area contributed by atoms with Gasteiger partial charge in [0, 0.05) is 18.2 Å². The summed E-state index contributed by atoms with van der Waals surface area (Å²) < 4.78 is 2.11. The molecule has 0 saturated heterocycles. The van der Waals surface area contributed by atoms with Gasteiger partial charge in [-0.25, -0.2) is 4.98 Å². The lowest BCUT2D eigenvalue weighted by Crippen LogP contribution is -2.27. The number of rotatable bonds is 1. The molecule has 1 saturated carbocycles. The molecule has 2 atom stereocenters. The third-order valence-electron chi connectivity index (χ3n) is 4.05. The van der Waals surface area contributed by atoms with Crippen molar-refractivity contribution in [2.24, 2.45) is 5.73 Å². The number of hydrogen-bond acceptors (Lipinski definition) is 4. The zero-order chi connectivity index (χ0) is 12.8. The van der Waals surface area contributed by atoms with Crippen molar-refractivity contribution in [2.75, 3.05) is 0 Å². The molecule has 3 N–H and O–H groups in total. The molecule has 1 aliphatic rings. The van der Waals surface area contributed by atoms with E-state index < -0.39 is 0 Å². The second-order valence-corrected chi connectivity index (χ2v) is 5.35. The maximum absolute atomic E-state index is 6.09. The number of H-pyrrole nitrogens is 1. The highest BCUT2D eigenvalue weighted by Gasteiger charge is 2.25. The molecule has 7 heteroatoms. The van der Waals surface area contributed by atoms with Gasteiger partial charge in [-0.1, -0.05) is 6.42 Å². The third-order valence-corrected chi connectivity index (χ3v) is 4.05. The average Bonchev–Trinajstić information content (AvgIpc) is 3.04. The molecule has 3 aromatic heterocycles. The van der Waals surface area contributed by atoms with Gasteiger partial charge in [0.05, 0.1) is 11.7 Å². The van der Waals surface area contributed by atoms with Crippen molar-refractivity contribution in [3.8, 4) is 0 Å². The van der Waals surface area contributed by atoms with Gasteiger partial charge in [0.25, 0.3) is 0 Å². The van der Waals surface area contributed by atoms with Crippen LogP contribution in [0.3, 0.4) is 0 Å². The molecule has 0 spiro atoms. The van der Waals surface area contributed by atoms with E-state index in [9.17, 15) is 0 Å². The number of nitrogens with two attached hydrogens (primary N) is 1. The van der Waals surface area contributed by atoms with E-state index in [1.54, 1.807) is 6.20 Å². The van der Waals surface area contributed by atoms with Crippen molar-refractivity contribution in [1.82, 2.24) is 24.6 Å². The summed E-state index contributed by atoms with van der Waals surface area (Å²) >= 11 is 0. The molecule has 0 radical (unpaired) electrons. The highest BCUT2D eigenvalue weighted by Crippen LogP contribution is 2.32. The quantitative estimate of drug-likeness (QED) is 0.718. The molecular weight excluding hydrogens is 276 g/mol. The number of halogens is 1. The molecule has 0 aromatic carbocycles. The summed E-state index contributed by atoms with van der Waals surface area (Å²) in [6.45, 7) is 0. The van der Waals surface area contributed by atoms with Gasteiger partial charge < -0.3 is 10.7 Å². The molecule has 106 valence electrons. The predicted molar refractivity (Wildman–Crippen MR) is 79.1 cm³/mol. The molecule has 0 unspecified atom stereocenters. The summed E-state index contributed by atoms with van der Waals surface area (Å²) in [5.74, 6) is 1.43. The van der Waals surface area contributed by atoms with E-state index in [0.717, 1.165) is 41.9 Å². The van der Waals surface area contributed by atoms with Crippen LogP contribution in [0.25, 0.3) is 16.8 Å². The fourth-order valence-electron chi connectivity index (χ4n) is 3.12. The van der Waals surface area contributed by atoms with Crippen LogP contribution in [-0.2, 0) is 0 Å². The largest absolute Gasteiger partial charge is 0.345 e. The minimum atomic E-state index is 0. The molecular formula is C13H17ClN6. The molecule has 3 aromatic rings. The minimum absolute atomic E-state index is 0. The monoisotopic (exact) mass is 292 g/mol. The fourth-order valence-corrected chi connectivity index (χ4v) is 3.12. The first kappa shape index (κ1) is 13.3. The summed E-state index contributed by atoms with van der Waals surface area (Å²) in [7, 11) is 0. The molecule has 6 nitrogen and oxygen atoms in total. The van der Waals surface area contributed by atoms with Crippen molar-refractivity contribution in [3.05, 3.63) is 24.3 Å². The number of nitrogens with zero attached hydrogens (tertiary/aromatic N) is 4. The Balaban J connectivity index is 0.00000121. The van der Waals surface area contributed by atoms with Crippen LogP contribution in [0, 0.1) is 0 Å². The van der Waals surface area contributed by atoms with Gasteiger partial charge in [-0.05, 0) is 25.3 Å². The number of fused-ring (bicyclic) bond motifs is 3. The van der Waals surface area contributed by atoms with Crippen LogP contribution < -0.4 is 5.73 Å². The molecule has 4 rings (SSSR count). The van der Waals surface area contributed by atoms with Gasteiger partial charge in [0.15, 0.2) is 11.3 Å². The number of nitrogens with one attached hydrogen (secondary N) is 1. The Morgan fingerprint density at radius 3 is 3.05 bits per heavy atom. The average molecular weight is 293 g/mol. The molecule has 1 aliphatic carbocycles. The zero-order valence-corrected chi connectivity index (χ0v) is 11.8. The SMILES string of the molecule is Cl.N[C@H]1CCC[C@@H](c2nnc3cnc4[nH]ccc4n23)C1. The molecule has 3 heterocycles. The van der Waals surface area contributed by atoms with Gasteiger partial charge in [0.2, 0.25) is 0 Å². The summed E-state index contributed by atoms with van der Waals surface area (Å²) in [6, 6.07) is 2.31. The highest BCUT2D eigenvalue weighted by atomic mass is 35.5. The Morgan fingerprint density at radius 1 is 1.30 bits per heavy atom. The summed E-state index contributed by atoms with van der Waals surface area (Å²) in [4.78, 5) is 7.47. The third kappa shape index (κ3) is 1.96. The Bertz CT molecular complexity index is 733. The Kier molecular flexibility index (Phi) is 3.35. The van der Waals surface area contributed by atoms with E-state index in [-0.39, 0.29) is 18.4 Å². The van der Waals surface area contributed by atoms with Crippen molar-refractivity contribution < 1.29 is 0 Å². The van der Waals surface area contributed by atoms with E-state index in [4.69, 9.17) is 5.73 Å². The van der Waals surface area contributed by atoms with Gasteiger partial charge in [0.1, 0.15) is 5.82 Å². The number of hydrogen-bond donors (Lipinski definition) is 2. The van der Waals surface area contributed by atoms with Crippen LogP contribution in [0.5, 0.6) is 0 Å². The molecule has 0 amide bonds. The van der Waals surface area contributed by atoms with Crippen LogP contribution in [0.2, 0.25) is 0 Å². The maximum atomic E-state index is 6.09. The van der Waals surface area contributed by atoms with Gasteiger partial charge in [-0.3, -0.25) is 4.40 Å². The molecule has 20 heavy (non-hydrogen) atoms. The normalized spacial score (nSPS) is 23.1. The van der Waals surface area contributed by atoms with Crippen molar-refractivity contribution in [3.63, 3.8) is 0 Å². The van der Waals surface area contributed by atoms with Crippen LogP contribution >= 0.6 is 12.4 Å². The standard InChI is InChI=1S/C13H16N6.ClH/c14-9-3-1-2-8(6-9)13-18-17-11-7-16-12-10(19(11)13)4-5-15-12;/h4-5,7-9,15H,1-3,6,14H2;1H/t8-,9+;/m1./s1. The topological polar surface area (TPSA) is 84.9 Å². The van der Waals surface area contributed by atoms with Gasteiger partial charge in [-0.15, -0.1) is 22.6 Å². The second-order valence-electron chi connectivity index (χ2n) is 5.35. The van der Waals surface area contributed by atoms with Crippen molar-refractivity contribution in [1.29, 1.82) is 0 Å². The molecule has 0 aliphatic heterocycles. The predicted octanol–water partition coefficient (Wildman–Crippen LogP) is 2.01. The zero-order valence-electron chi connectivity index (χ0n) is 11.0. The van der Waals surface area contributed by atoms with Crippen molar-refractivity contribution in [2.45, 2.75) is 37.6 Å². The summed E-state index contributed by atoms with van der Waals surface area (Å²) in [6.07, 6.45) is 8.08. The molecule has 1 fully saturated rings. The van der Waals surface area contributed by atoms with Crippen molar-refractivity contribution >= 4 is 29.2 Å². The van der Waals surface area contributed by atoms with Crippen LogP contribution in [-0.4, -0.2) is 30.6 Å². The summed E-state index contributed by atoms with van der Waals surface area (Å²) in [5, 5.41) is 8.63. The first-order valence-electron chi connectivity index (χ1n) is 6.75. The Hall–Kier alpha value is -1.66. The maximum Gasteiger partial charge on any atom is 0.179 e. The first-order chi connectivity index (χ1) is 9.33.